The van der Waals surface area contributed by atoms with E-state index in [4.69, 9.17) is 13.8 Å². The van der Waals surface area contributed by atoms with Crippen LogP contribution in [-0.4, -0.2) is 69.4 Å². The zero-order valence-corrected chi connectivity index (χ0v) is 54.8. The molecule has 0 aliphatic carbocycles. The molecule has 0 aliphatic rings. The Bertz CT molecular complexity index is 1770. The van der Waals surface area contributed by atoms with E-state index in [1.807, 2.05) is 33.3 Å². The molecule has 0 aromatic heterocycles. The molecule has 3 atom stereocenters. The zero-order chi connectivity index (χ0) is 60.0. The van der Waals surface area contributed by atoms with Crippen molar-refractivity contribution in [3.8, 4) is 0 Å². The number of phosphoric ester groups is 1. The van der Waals surface area contributed by atoms with Crippen molar-refractivity contribution in [2.45, 2.75) is 296 Å². The van der Waals surface area contributed by atoms with Gasteiger partial charge in [-0.1, -0.05) is 265 Å². The molecule has 1 amide bonds. The summed E-state index contributed by atoms with van der Waals surface area (Å²) in [6, 6.07) is -0.904. The van der Waals surface area contributed by atoms with Gasteiger partial charge in [-0.15, -0.1) is 0 Å². The van der Waals surface area contributed by atoms with Crippen molar-refractivity contribution in [1.29, 1.82) is 0 Å². The van der Waals surface area contributed by atoms with Crippen molar-refractivity contribution >= 4 is 19.7 Å². The number of hydrogen-bond acceptors (Lipinski definition) is 7. The van der Waals surface area contributed by atoms with Crippen LogP contribution in [0.2, 0.25) is 0 Å². The maximum atomic E-state index is 13.6. The zero-order valence-electron chi connectivity index (χ0n) is 53.9. The lowest BCUT2D eigenvalue weighted by atomic mass is 10.0. The summed E-state index contributed by atoms with van der Waals surface area (Å²) in [5.74, 6) is -0.564. The highest BCUT2D eigenvalue weighted by Gasteiger charge is 2.27. The largest absolute Gasteiger partial charge is 0.756 e. The summed E-state index contributed by atoms with van der Waals surface area (Å²) in [7, 11) is 1.16. The number of rotatable bonds is 60. The van der Waals surface area contributed by atoms with Gasteiger partial charge in [0.05, 0.1) is 33.8 Å². The van der Waals surface area contributed by atoms with Crippen molar-refractivity contribution in [3.05, 3.63) is 109 Å². The Morgan fingerprint density at radius 1 is 0.439 bits per heavy atom. The first kappa shape index (κ1) is 78.7. The van der Waals surface area contributed by atoms with E-state index in [-0.39, 0.29) is 24.9 Å². The Hall–Kier alpha value is -3.33. The van der Waals surface area contributed by atoms with E-state index < -0.39 is 26.6 Å². The first-order chi connectivity index (χ1) is 39.9. The van der Waals surface area contributed by atoms with E-state index in [1.165, 1.54) is 109 Å². The van der Waals surface area contributed by atoms with E-state index in [1.54, 1.807) is 0 Å². The van der Waals surface area contributed by atoms with E-state index in [0.29, 0.717) is 23.9 Å². The number of amides is 1. The second-order valence-corrected chi connectivity index (χ2v) is 25.0. The molecule has 1 N–H and O–H groups in total. The number of allylic oxidation sites excluding steroid dienone is 17. The minimum absolute atomic E-state index is 0.0306. The highest BCUT2D eigenvalue weighted by atomic mass is 31.2. The van der Waals surface area contributed by atoms with Gasteiger partial charge in [0.15, 0.2) is 0 Å². The summed E-state index contributed by atoms with van der Waals surface area (Å²) < 4.78 is 30.4. The fourth-order valence-corrected chi connectivity index (χ4v) is 9.98. The average Bonchev–Trinajstić information content (AvgIpc) is 3.44. The summed E-state index contributed by atoms with van der Waals surface area (Å²) >= 11 is 0. The highest BCUT2D eigenvalue weighted by Crippen LogP contribution is 2.38. The molecule has 0 saturated carbocycles. The smallest absolute Gasteiger partial charge is 0.306 e. The summed E-state index contributed by atoms with van der Waals surface area (Å²) in [6.07, 6.45) is 83.4. The standard InChI is InChI=1S/C72H127N2O7P/c1-7-10-13-16-19-22-25-28-30-32-34-35-36-37-38-39-41-43-45-47-50-53-56-59-62-65-72(76)81-70(63-60-57-54-51-48-27-24-21-18-15-12-9-3)69(68-80-82(77,78)79-67-66-74(4,5)6)73-71(75)64-61-58-55-52-49-46-44-42-40-33-31-29-26-23-20-17-14-11-8-2/h10,13,19-20,22-23,28-31,34-35,37-38,41,43,60,63,69-70H,7-9,11-12,14-18,21,24-27,32-33,36,39-40,42,44-59,61-62,64-68H2,1-6H3,(H-,73,75,77,78)/b13-10-,22-19-,23-20-,30-28-,31-29-,35-34-,38-37-,43-41-,63-60-. The number of likely N-dealkylation sites (N-methyl/N-ethyl adjacent to an activating group) is 1. The molecular weight excluding hydrogens is 1040 g/mol. The van der Waals surface area contributed by atoms with Gasteiger partial charge in [-0.2, -0.15) is 0 Å². The van der Waals surface area contributed by atoms with Crippen molar-refractivity contribution in [2.75, 3.05) is 40.9 Å². The molecule has 0 rings (SSSR count). The van der Waals surface area contributed by atoms with Crippen LogP contribution in [0.3, 0.4) is 0 Å². The first-order valence-corrected chi connectivity index (χ1v) is 35.2. The normalized spacial score (nSPS) is 14.3. The van der Waals surface area contributed by atoms with Crippen LogP contribution in [0.5, 0.6) is 0 Å². The number of phosphoric acid groups is 1. The number of hydrogen-bond donors (Lipinski definition) is 1. The quantitative estimate of drug-likeness (QED) is 0.0212. The van der Waals surface area contributed by atoms with Crippen LogP contribution >= 0.6 is 7.82 Å². The Morgan fingerprint density at radius 2 is 0.780 bits per heavy atom. The molecule has 0 fully saturated rings. The molecule has 0 aromatic carbocycles. The van der Waals surface area contributed by atoms with Crippen LogP contribution < -0.4 is 10.2 Å². The molecule has 0 bridgehead atoms. The average molecular weight is 1160 g/mol. The summed E-state index contributed by atoms with van der Waals surface area (Å²) in [5, 5.41) is 3.03. The van der Waals surface area contributed by atoms with Crippen molar-refractivity contribution < 1.29 is 37.3 Å². The Balaban J connectivity index is 5.19. The van der Waals surface area contributed by atoms with Crippen LogP contribution in [0.4, 0.5) is 0 Å². The number of quaternary nitrogens is 1. The van der Waals surface area contributed by atoms with Gasteiger partial charge >= 0.3 is 5.97 Å². The lowest BCUT2D eigenvalue weighted by molar-refractivity contribution is -0.870. The minimum Gasteiger partial charge on any atom is -0.756 e. The molecule has 82 heavy (non-hydrogen) atoms. The topological polar surface area (TPSA) is 114 Å². The van der Waals surface area contributed by atoms with Gasteiger partial charge in [0.25, 0.3) is 7.82 Å². The van der Waals surface area contributed by atoms with E-state index in [2.05, 4.69) is 123 Å². The Morgan fingerprint density at radius 3 is 1.20 bits per heavy atom. The molecule has 0 aromatic rings. The number of carbonyl (C=O) groups excluding carboxylic acids is 2. The fraction of sp³-hybridized carbons (Fsp3) is 0.722. The lowest BCUT2D eigenvalue weighted by Gasteiger charge is -2.30. The molecule has 9 nitrogen and oxygen atoms in total. The molecule has 0 saturated heterocycles. The number of unbranched alkanes of at least 4 members (excludes halogenated alkanes) is 28. The predicted octanol–water partition coefficient (Wildman–Crippen LogP) is 20.7. The van der Waals surface area contributed by atoms with Crippen LogP contribution in [0.25, 0.3) is 0 Å². The lowest BCUT2D eigenvalue weighted by Crippen LogP contribution is -2.47. The van der Waals surface area contributed by atoms with Crippen LogP contribution in [0.15, 0.2) is 109 Å². The third-order valence-corrected chi connectivity index (χ3v) is 15.4. The second kappa shape index (κ2) is 60.8. The van der Waals surface area contributed by atoms with Gasteiger partial charge in [0.1, 0.15) is 19.3 Å². The third-order valence-electron chi connectivity index (χ3n) is 14.4. The monoisotopic (exact) mass is 1160 g/mol. The van der Waals surface area contributed by atoms with Gasteiger partial charge in [-0.05, 0) is 115 Å². The SMILES string of the molecule is CC/C=C\C/C=C\C/C=C\C/C=C\C/C=C\C/C=C\CCCCCCCCC(=O)OC(/C=C\CCCCCCCCCCCC)C(COP(=O)([O-])OCC[N+](C)(C)C)NC(=O)CCCCCCCCCCC/C=C\C/C=C\CCCCC. The fourth-order valence-electron chi connectivity index (χ4n) is 9.26. The molecule has 0 heterocycles. The number of carbonyl (C=O) groups is 2. The van der Waals surface area contributed by atoms with Crippen molar-refractivity contribution in [1.82, 2.24) is 5.32 Å². The Labute approximate surface area is 506 Å². The van der Waals surface area contributed by atoms with Gasteiger partial charge in [0, 0.05) is 12.8 Å². The number of esters is 1. The molecule has 0 radical (unpaired) electrons. The third kappa shape index (κ3) is 61.2. The predicted molar refractivity (Wildman–Crippen MR) is 353 cm³/mol. The van der Waals surface area contributed by atoms with Crippen LogP contribution in [0.1, 0.15) is 284 Å². The van der Waals surface area contributed by atoms with Crippen LogP contribution in [-0.2, 0) is 27.9 Å². The molecular formula is C72H127N2O7P. The number of nitrogens with one attached hydrogen (secondary N) is 1. The maximum absolute atomic E-state index is 13.6. The Kier molecular flexibility index (Phi) is 58.3. The van der Waals surface area contributed by atoms with Gasteiger partial charge in [0.2, 0.25) is 5.91 Å². The maximum Gasteiger partial charge on any atom is 0.306 e. The molecule has 472 valence electrons. The summed E-state index contributed by atoms with van der Waals surface area (Å²) in [6.45, 7) is 6.70. The molecule has 3 unspecified atom stereocenters. The summed E-state index contributed by atoms with van der Waals surface area (Å²) in [4.78, 5) is 40.1. The van der Waals surface area contributed by atoms with Crippen molar-refractivity contribution in [3.63, 3.8) is 0 Å². The van der Waals surface area contributed by atoms with E-state index in [9.17, 15) is 19.0 Å². The number of ether oxygens (including phenoxy) is 1. The second-order valence-electron chi connectivity index (χ2n) is 23.6. The minimum atomic E-state index is -4.71. The highest BCUT2D eigenvalue weighted by molar-refractivity contribution is 7.45. The number of nitrogens with zero attached hydrogens (tertiary/aromatic N) is 1. The molecule has 0 spiro atoms. The van der Waals surface area contributed by atoms with E-state index in [0.717, 1.165) is 135 Å². The van der Waals surface area contributed by atoms with E-state index >= 15 is 0 Å². The van der Waals surface area contributed by atoms with Gasteiger partial charge in [-0.3, -0.25) is 14.2 Å². The molecule has 10 heteroatoms. The van der Waals surface area contributed by atoms with Gasteiger partial charge in [-0.25, -0.2) is 0 Å². The van der Waals surface area contributed by atoms with Gasteiger partial charge < -0.3 is 28.5 Å². The van der Waals surface area contributed by atoms with Crippen LogP contribution in [0, 0.1) is 0 Å². The summed E-state index contributed by atoms with van der Waals surface area (Å²) in [5.41, 5.74) is 0. The van der Waals surface area contributed by atoms with Crippen molar-refractivity contribution in [2.24, 2.45) is 0 Å². The first-order valence-electron chi connectivity index (χ1n) is 33.7. The molecule has 0 aliphatic heterocycles.